The Morgan fingerprint density at radius 3 is 2.25 bits per heavy atom. The quantitative estimate of drug-likeness (QED) is 0.773. The maximum absolute atomic E-state index is 12.7. The smallest absolute Gasteiger partial charge is 0.244 e. The van der Waals surface area contributed by atoms with E-state index in [-0.39, 0.29) is 0 Å². The average Bonchev–Trinajstić information content (AvgIpc) is 2.38. The Morgan fingerprint density at radius 1 is 1.20 bits per heavy atom. The topological polar surface area (TPSA) is 49.4 Å². The molecule has 0 fully saturated rings. The zero-order chi connectivity index (χ0) is 15.2. The van der Waals surface area contributed by atoms with Crippen molar-refractivity contribution in [3.63, 3.8) is 0 Å². The van der Waals surface area contributed by atoms with Crippen LogP contribution in [0.3, 0.4) is 0 Å². The van der Waals surface area contributed by atoms with Crippen LogP contribution in [-0.2, 0) is 16.6 Å². The van der Waals surface area contributed by atoms with Crippen molar-refractivity contribution < 1.29 is 8.42 Å². The van der Waals surface area contributed by atoms with Crippen molar-refractivity contribution in [1.82, 2.24) is 9.62 Å². The predicted octanol–water partition coefficient (Wildman–Crippen LogP) is 2.98. The van der Waals surface area contributed by atoms with Crippen molar-refractivity contribution in [1.29, 1.82) is 0 Å². The molecule has 0 aliphatic heterocycles. The van der Waals surface area contributed by atoms with Crippen LogP contribution in [0.15, 0.2) is 27.6 Å². The van der Waals surface area contributed by atoms with Gasteiger partial charge in [0.1, 0.15) is 0 Å². The molecule has 1 N–H and O–H groups in total. The molecule has 114 valence electrons. The van der Waals surface area contributed by atoms with Crippen LogP contribution in [0.4, 0.5) is 0 Å². The maximum atomic E-state index is 12.7. The highest BCUT2D eigenvalue weighted by Crippen LogP contribution is 2.26. The second-order valence-corrected chi connectivity index (χ2v) is 7.46. The molecule has 6 heteroatoms. The molecule has 1 rings (SSSR count). The highest BCUT2D eigenvalue weighted by Gasteiger charge is 2.25. The first-order valence-electron chi connectivity index (χ1n) is 6.90. The third-order valence-electron chi connectivity index (χ3n) is 2.94. The van der Waals surface area contributed by atoms with Crippen LogP contribution in [0.25, 0.3) is 0 Å². The van der Waals surface area contributed by atoms with E-state index in [1.165, 1.54) is 0 Å². The summed E-state index contributed by atoms with van der Waals surface area (Å²) in [5, 5.41) is 3.05. The minimum atomic E-state index is -3.42. The lowest BCUT2D eigenvalue weighted by Gasteiger charge is -2.22. The second-order valence-electron chi connectivity index (χ2n) is 4.70. The number of hydrogen-bond acceptors (Lipinski definition) is 3. The van der Waals surface area contributed by atoms with E-state index in [2.05, 4.69) is 21.2 Å². The zero-order valence-corrected chi connectivity index (χ0v) is 14.7. The van der Waals surface area contributed by atoms with Crippen molar-refractivity contribution in [3.8, 4) is 0 Å². The second kappa shape index (κ2) is 8.12. The lowest BCUT2D eigenvalue weighted by molar-refractivity contribution is 0.409. The Hall–Kier alpha value is -0.430. The highest BCUT2D eigenvalue weighted by molar-refractivity contribution is 9.10. The summed E-state index contributed by atoms with van der Waals surface area (Å²) in [6.45, 7) is 5.81. The van der Waals surface area contributed by atoms with E-state index in [9.17, 15) is 8.42 Å². The SMILES string of the molecule is CCCN(CCC)S(=O)(=O)c1ccc(CNC)cc1Br. The fraction of sp³-hybridized carbons (Fsp3) is 0.571. The van der Waals surface area contributed by atoms with E-state index in [0.717, 1.165) is 18.4 Å². The van der Waals surface area contributed by atoms with Crippen LogP contribution in [0, 0.1) is 0 Å². The standard InChI is InChI=1S/C14H23BrN2O2S/c1-4-8-17(9-5-2)20(18,19)14-7-6-12(11-16-3)10-13(14)15/h6-7,10,16H,4-5,8-9,11H2,1-3H3. The minimum Gasteiger partial charge on any atom is -0.316 e. The Morgan fingerprint density at radius 2 is 1.80 bits per heavy atom. The number of benzene rings is 1. The maximum Gasteiger partial charge on any atom is 0.244 e. The van der Waals surface area contributed by atoms with Gasteiger partial charge < -0.3 is 5.32 Å². The van der Waals surface area contributed by atoms with Crippen LogP contribution >= 0.6 is 15.9 Å². The fourth-order valence-electron chi connectivity index (χ4n) is 2.06. The first kappa shape index (κ1) is 17.6. The molecule has 0 bridgehead atoms. The fourth-order valence-corrected chi connectivity index (χ4v) is 4.77. The van der Waals surface area contributed by atoms with E-state index in [4.69, 9.17) is 0 Å². The monoisotopic (exact) mass is 362 g/mol. The minimum absolute atomic E-state index is 0.347. The molecule has 0 saturated heterocycles. The first-order chi connectivity index (χ1) is 9.47. The van der Waals surface area contributed by atoms with Crippen LogP contribution in [0.1, 0.15) is 32.3 Å². The van der Waals surface area contributed by atoms with Crippen molar-refractivity contribution in [2.75, 3.05) is 20.1 Å². The summed E-state index contributed by atoms with van der Waals surface area (Å²) in [5.41, 5.74) is 1.05. The van der Waals surface area contributed by atoms with Crippen molar-refractivity contribution in [2.24, 2.45) is 0 Å². The Labute approximate surface area is 130 Å². The van der Waals surface area contributed by atoms with E-state index in [1.807, 2.05) is 33.0 Å². The van der Waals surface area contributed by atoms with E-state index in [1.54, 1.807) is 10.4 Å². The van der Waals surface area contributed by atoms with Gasteiger partial charge in [0.2, 0.25) is 10.0 Å². The lowest BCUT2D eigenvalue weighted by Crippen LogP contribution is -2.32. The third-order valence-corrected chi connectivity index (χ3v) is 5.82. The summed E-state index contributed by atoms with van der Waals surface area (Å²) >= 11 is 3.39. The molecule has 0 amide bonds. The van der Waals surface area contributed by atoms with Crippen LogP contribution in [0.5, 0.6) is 0 Å². The van der Waals surface area contributed by atoms with Gasteiger partial charge in [-0.15, -0.1) is 0 Å². The molecule has 0 aromatic heterocycles. The number of rotatable bonds is 8. The van der Waals surface area contributed by atoms with E-state index < -0.39 is 10.0 Å². The highest BCUT2D eigenvalue weighted by atomic mass is 79.9. The van der Waals surface area contributed by atoms with Crippen LogP contribution < -0.4 is 5.32 Å². The molecule has 0 spiro atoms. The zero-order valence-electron chi connectivity index (χ0n) is 12.3. The van der Waals surface area contributed by atoms with Gasteiger partial charge in [-0.05, 0) is 53.5 Å². The van der Waals surface area contributed by atoms with Crippen LogP contribution in [0.2, 0.25) is 0 Å². The van der Waals surface area contributed by atoms with Gasteiger partial charge in [-0.25, -0.2) is 8.42 Å². The number of halogens is 1. The van der Waals surface area contributed by atoms with Crippen molar-refractivity contribution >= 4 is 26.0 Å². The molecule has 0 heterocycles. The molecule has 20 heavy (non-hydrogen) atoms. The van der Waals surface area contributed by atoms with Gasteiger partial charge in [0.05, 0.1) is 4.90 Å². The molecule has 0 saturated carbocycles. The molecule has 0 aliphatic rings. The van der Waals surface area contributed by atoms with Gasteiger partial charge in [-0.1, -0.05) is 19.9 Å². The van der Waals surface area contributed by atoms with E-state index in [0.29, 0.717) is 29.0 Å². The molecule has 4 nitrogen and oxygen atoms in total. The Bertz CT molecular complexity index is 526. The Kier molecular flexibility index (Phi) is 7.15. The number of nitrogens with one attached hydrogen (secondary N) is 1. The first-order valence-corrected chi connectivity index (χ1v) is 9.13. The van der Waals surface area contributed by atoms with Gasteiger partial charge in [0.25, 0.3) is 0 Å². The van der Waals surface area contributed by atoms with Crippen molar-refractivity contribution in [2.45, 2.75) is 38.1 Å². The Balaban J connectivity index is 3.13. The molecule has 0 aliphatic carbocycles. The van der Waals surface area contributed by atoms with Gasteiger partial charge in [0, 0.05) is 24.1 Å². The van der Waals surface area contributed by atoms with Gasteiger partial charge in [-0.3, -0.25) is 0 Å². The van der Waals surface area contributed by atoms with Gasteiger partial charge >= 0.3 is 0 Å². The van der Waals surface area contributed by atoms with Crippen molar-refractivity contribution in [3.05, 3.63) is 28.2 Å². The molecule has 0 unspecified atom stereocenters. The number of nitrogens with zero attached hydrogens (tertiary/aromatic N) is 1. The van der Waals surface area contributed by atoms with Crippen LogP contribution in [-0.4, -0.2) is 32.9 Å². The lowest BCUT2D eigenvalue weighted by atomic mass is 10.2. The summed E-state index contributed by atoms with van der Waals surface area (Å²) in [6, 6.07) is 5.40. The predicted molar refractivity (Wildman–Crippen MR) is 86.2 cm³/mol. The molecule has 1 aromatic carbocycles. The summed E-state index contributed by atoms with van der Waals surface area (Å²) in [5.74, 6) is 0. The largest absolute Gasteiger partial charge is 0.316 e. The van der Waals surface area contributed by atoms with Gasteiger partial charge in [0.15, 0.2) is 0 Å². The normalized spacial score (nSPS) is 12.1. The third kappa shape index (κ3) is 4.28. The molecular formula is C14H23BrN2O2S. The number of hydrogen-bond donors (Lipinski definition) is 1. The summed E-state index contributed by atoms with van der Waals surface area (Å²) in [4.78, 5) is 0.347. The van der Waals surface area contributed by atoms with E-state index >= 15 is 0 Å². The average molecular weight is 363 g/mol. The van der Waals surface area contributed by atoms with Gasteiger partial charge in [-0.2, -0.15) is 4.31 Å². The number of sulfonamides is 1. The molecule has 0 atom stereocenters. The summed E-state index contributed by atoms with van der Waals surface area (Å²) < 4.78 is 27.6. The summed E-state index contributed by atoms with van der Waals surface area (Å²) in [7, 11) is -1.56. The summed E-state index contributed by atoms with van der Waals surface area (Å²) in [6.07, 6.45) is 1.63. The molecular weight excluding hydrogens is 340 g/mol. The molecule has 1 aromatic rings. The molecule has 0 radical (unpaired) electrons.